The maximum atomic E-state index is 12.6. The Morgan fingerprint density at radius 3 is 2.60 bits per heavy atom. The van der Waals surface area contributed by atoms with Gasteiger partial charge in [0.25, 0.3) is 0 Å². The van der Waals surface area contributed by atoms with Gasteiger partial charge in [0.15, 0.2) is 11.6 Å². The fourth-order valence-electron chi connectivity index (χ4n) is 2.69. The molecule has 8 nitrogen and oxygen atoms in total. The monoisotopic (exact) mass is 425 g/mol. The van der Waals surface area contributed by atoms with E-state index in [9.17, 15) is 9.59 Å². The van der Waals surface area contributed by atoms with E-state index in [-0.39, 0.29) is 11.7 Å². The Balaban J connectivity index is 1.68. The number of benzene rings is 2. The number of nitrogens with one attached hydrogen (secondary N) is 1. The minimum Gasteiger partial charge on any atom is -0.494 e. The predicted molar refractivity (Wildman–Crippen MR) is 117 cm³/mol. The molecular formula is C21H23N5O3S. The van der Waals surface area contributed by atoms with Crippen LogP contribution in [0.1, 0.15) is 31.1 Å². The molecule has 0 spiro atoms. The van der Waals surface area contributed by atoms with E-state index in [2.05, 4.69) is 15.5 Å². The van der Waals surface area contributed by atoms with Crippen LogP contribution in [0.2, 0.25) is 0 Å². The molecule has 1 unspecified atom stereocenters. The summed E-state index contributed by atoms with van der Waals surface area (Å²) in [7, 11) is 0. The second kappa shape index (κ2) is 9.45. The molecule has 3 rings (SSSR count). The van der Waals surface area contributed by atoms with E-state index in [1.165, 1.54) is 23.4 Å². The predicted octanol–water partition coefficient (Wildman–Crippen LogP) is 3.38. The highest BCUT2D eigenvalue weighted by Gasteiger charge is 2.20. The Hall–Kier alpha value is -3.33. The smallest absolute Gasteiger partial charge is 0.237 e. The van der Waals surface area contributed by atoms with Gasteiger partial charge >= 0.3 is 0 Å². The van der Waals surface area contributed by atoms with Gasteiger partial charge in [0, 0.05) is 16.8 Å². The zero-order valence-electron chi connectivity index (χ0n) is 17.0. The van der Waals surface area contributed by atoms with Crippen LogP contribution in [0, 0.1) is 0 Å². The quantitative estimate of drug-likeness (QED) is 0.323. The first-order chi connectivity index (χ1) is 14.4. The number of nitrogens with two attached hydrogens (primary N) is 1. The van der Waals surface area contributed by atoms with Crippen molar-refractivity contribution in [3.63, 3.8) is 0 Å². The van der Waals surface area contributed by atoms with Gasteiger partial charge in [-0.05, 0) is 57.2 Å². The van der Waals surface area contributed by atoms with E-state index >= 15 is 0 Å². The Morgan fingerprint density at radius 2 is 1.93 bits per heavy atom. The third-order valence-corrected chi connectivity index (χ3v) is 5.33. The molecule has 2 aromatic carbocycles. The number of amides is 1. The molecule has 0 saturated heterocycles. The second-order valence-electron chi connectivity index (χ2n) is 6.52. The molecule has 3 N–H and O–H groups in total. The van der Waals surface area contributed by atoms with Crippen LogP contribution in [0.15, 0.2) is 53.7 Å². The summed E-state index contributed by atoms with van der Waals surface area (Å²) in [4.78, 5) is 24.1. The maximum Gasteiger partial charge on any atom is 0.237 e. The van der Waals surface area contributed by atoms with Crippen molar-refractivity contribution in [3.05, 3.63) is 54.1 Å². The third kappa shape index (κ3) is 4.98. The lowest BCUT2D eigenvalue weighted by molar-refractivity contribution is -0.115. The van der Waals surface area contributed by atoms with Crippen molar-refractivity contribution < 1.29 is 14.3 Å². The van der Waals surface area contributed by atoms with Crippen LogP contribution in [0.4, 0.5) is 5.69 Å². The van der Waals surface area contributed by atoms with Crippen LogP contribution in [0.25, 0.3) is 11.4 Å². The molecule has 1 aromatic heterocycles. The fraction of sp³-hybridized carbons (Fsp3) is 0.238. The van der Waals surface area contributed by atoms with E-state index in [1.807, 2.05) is 31.2 Å². The van der Waals surface area contributed by atoms with Gasteiger partial charge in [0.05, 0.1) is 11.9 Å². The number of aromatic nitrogens is 3. The van der Waals surface area contributed by atoms with Crippen LogP contribution >= 0.6 is 11.8 Å². The molecule has 9 heteroatoms. The Labute approximate surface area is 178 Å². The molecule has 156 valence electrons. The average molecular weight is 426 g/mol. The summed E-state index contributed by atoms with van der Waals surface area (Å²) < 4.78 is 6.80. The van der Waals surface area contributed by atoms with E-state index in [1.54, 1.807) is 31.2 Å². The topological polar surface area (TPSA) is 112 Å². The standard InChI is InChI=1S/C21H23N5O3S/c1-4-29-18-10-8-15(9-11-18)19-24-25-21(26(19)22)30-14(3)20(28)23-17-7-5-6-16(12-17)13(2)27/h5-12,14H,4,22H2,1-3H3,(H,23,28). The molecule has 0 bridgehead atoms. The molecule has 0 saturated carbocycles. The number of carbonyl (C=O) groups excluding carboxylic acids is 2. The molecule has 0 aliphatic heterocycles. The molecular weight excluding hydrogens is 402 g/mol. The Bertz CT molecular complexity index is 1050. The molecule has 0 radical (unpaired) electrons. The average Bonchev–Trinajstić information content (AvgIpc) is 3.09. The number of anilines is 1. The number of hydrogen-bond acceptors (Lipinski definition) is 7. The van der Waals surface area contributed by atoms with Crippen LogP contribution in [-0.4, -0.2) is 38.4 Å². The lowest BCUT2D eigenvalue weighted by Gasteiger charge is -2.12. The third-order valence-electron chi connectivity index (χ3n) is 4.28. The number of rotatable bonds is 8. The van der Waals surface area contributed by atoms with Crippen LogP contribution in [0.5, 0.6) is 5.75 Å². The number of ether oxygens (including phenoxy) is 1. The number of thioether (sulfide) groups is 1. The van der Waals surface area contributed by atoms with Crippen molar-refractivity contribution in [2.75, 3.05) is 17.8 Å². The lowest BCUT2D eigenvalue weighted by atomic mass is 10.1. The first kappa shape index (κ1) is 21.4. The summed E-state index contributed by atoms with van der Waals surface area (Å²) in [5.41, 5.74) is 1.89. The summed E-state index contributed by atoms with van der Waals surface area (Å²) >= 11 is 1.20. The number of Topliss-reactive ketones (excluding diaryl/α,β-unsaturated/α-hetero) is 1. The van der Waals surface area contributed by atoms with Crippen molar-refractivity contribution in [1.29, 1.82) is 0 Å². The fourth-order valence-corrected chi connectivity index (χ4v) is 3.46. The highest BCUT2D eigenvalue weighted by molar-refractivity contribution is 8.00. The van der Waals surface area contributed by atoms with Gasteiger partial charge in [0.2, 0.25) is 11.1 Å². The summed E-state index contributed by atoms with van der Waals surface area (Å²) in [5, 5.41) is 11.0. The second-order valence-corrected chi connectivity index (χ2v) is 7.83. The van der Waals surface area contributed by atoms with Crippen molar-refractivity contribution in [3.8, 4) is 17.1 Å². The van der Waals surface area contributed by atoms with Gasteiger partial charge in [0.1, 0.15) is 5.75 Å². The molecule has 0 aliphatic carbocycles. The minimum atomic E-state index is -0.481. The molecule has 30 heavy (non-hydrogen) atoms. The largest absolute Gasteiger partial charge is 0.494 e. The van der Waals surface area contributed by atoms with E-state index in [4.69, 9.17) is 10.6 Å². The van der Waals surface area contributed by atoms with Crippen LogP contribution in [0.3, 0.4) is 0 Å². The van der Waals surface area contributed by atoms with E-state index in [0.29, 0.717) is 28.8 Å². The number of nitrogen functional groups attached to an aromatic ring is 1. The Kier molecular flexibility index (Phi) is 6.73. The summed E-state index contributed by atoms with van der Waals surface area (Å²) in [6, 6.07) is 14.2. The zero-order chi connectivity index (χ0) is 21.7. The van der Waals surface area contributed by atoms with Gasteiger partial charge in [-0.2, -0.15) is 0 Å². The molecule has 0 aliphatic rings. The van der Waals surface area contributed by atoms with E-state index < -0.39 is 5.25 Å². The zero-order valence-corrected chi connectivity index (χ0v) is 17.8. The molecule has 1 amide bonds. The number of ketones is 1. The first-order valence-electron chi connectivity index (χ1n) is 9.41. The highest BCUT2D eigenvalue weighted by Crippen LogP contribution is 2.26. The summed E-state index contributed by atoms with van der Waals surface area (Å²) in [6.45, 7) is 5.74. The normalized spacial score (nSPS) is 11.7. The van der Waals surface area contributed by atoms with Crippen molar-refractivity contribution in [1.82, 2.24) is 14.9 Å². The van der Waals surface area contributed by atoms with Gasteiger partial charge < -0.3 is 15.9 Å². The van der Waals surface area contributed by atoms with Gasteiger partial charge in [-0.25, -0.2) is 4.68 Å². The lowest BCUT2D eigenvalue weighted by Crippen LogP contribution is -2.23. The van der Waals surface area contributed by atoms with Gasteiger partial charge in [-0.15, -0.1) is 10.2 Å². The maximum absolute atomic E-state index is 12.6. The van der Waals surface area contributed by atoms with E-state index in [0.717, 1.165) is 11.3 Å². The Morgan fingerprint density at radius 1 is 1.20 bits per heavy atom. The van der Waals surface area contributed by atoms with Crippen molar-refractivity contribution >= 4 is 29.1 Å². The number of hydrogen-bond donors (Lipinski definition) is 2. The number of carbonyl (C=O) groups is 2. The van der Waals surface area contributed by atoms with Crippen LogP contribution in [-0.2, 0) is 4.79 Å². The number of nitrogens with zero attached hydrogens (tertiary/aromatic N) is 3. The summed E-state index contributed by atoms with van der Waals surface area (Å²) in [5.74, 6) is 7.11. The molecule has 1 atom stereocenters. The van der Waals surface area contributed by atoms with Gasteiger partial charge in [-0.3, -0.25) is 9.59 Å². The molecule has 0 fully saturated rings. The first-order valence-corrected chi connectivity index (χ1v) is 10.3. The molecule has 1 heterocycles. The minimum absolute atomic E-state index is 0.0634. The SMILES string of the molecule is CCOc1ccc(-c2nnc(SC(C)C(=O)Nc3cccc(C(C)=O)c3)n2N)cc1. The molecule has 3 aromatic rings. The highest BCUT2D eigenvalue weighted by atomic mass is 32.2. The van der Waals surface area contributed by atoms with Crippen molar-refractivity contribution in [2.24, 2.45) is 0 Å². The summed E-state index contributed by atoms with van der Waals surface area (Å²) in [6.07, 6.45) is 0. The van der Waals surface area contributed by atoms with Crippen LogP contribution < -0.4 is 15.9 Å². The van der Waals surface area contributed by atoms with Gasteiger partial charge in [-0.1, -0.05) is 23.9 Å². The van der Waals surface area contributed by atoms with Crippen molar-refractivity contribution in [2.45, 2.75) is 31.2 Å².